The van der Waals surface area contributed by atoms with Crippen LogP contribution in [-0.4, -0.2) is 99.2 Å². The van der Waals surface area contributed by atoms with Gasteiger partial charge in [0.15, 0.2) is 0 Å². The Kier molecular flexibility index (Phi) is 4380. The number of rotatable bonds is 0. The van der Waals surface area contributed by atoms with E-state index in [0.29, 0.717) is 0 Å². The molecule has 0 rings (SSSR count). The van der Waals surface area contributed by atoms with Crippen molar-refractivity contribution in [2.24, 2.45) is 0 Å². The summed E-state index contributed by atoms with van der Waals surface area (Å²) in [6.45, 7) is 0. The molecule has 0 spiro atoms. The molecule has 0 fully saturated rings. The Hall–Kier alpha value is 1.87. The first-order chi connectivity index (χ1) is 0. The average molecular weight is 139 g/mol. The fourth-order valence-electron chi connectivity index (χ4n) is 0. The summed E-state index contributed by atoms with van der Waals surface area (Å²) in [7, 11) is 0. The van der Waals surface area contributed by atoms with Crippen molar-refractivity contribution in [2.75, 3.05) is 0 Å². The molecule has 0 aliphatic carbocycles. The van der Waals surface area contributed by atoms with Crippen LogP contribution in [0.15, 0.2) is 0 Å². The van der Waals surface area contributed by atoms with Crippen molar-refractivity contribution in [1.29, 1.82) is 0 Å². The van der Waals surface area contributed by atoms with Crippen molar-refractivity contribution in [3.8, 4) is 0 Å². The van der Waals surface area contributed by atoms with E-state index in [0.717, 1.165) is 0 Å². The minimum atomic E-state index is 0. The molecule has 8 heteroatoms. The Labute approximate surface area is 101 Å². The minimum absolute atomic E-state index is 0. The second-order valence-electron chi connectivity index (χ2n) is 0. The fourth-order valence-corrected chi connectivity index (χ4v) is 0. The van der Waals surface area contributed by atoms with Crippen LogP contribution in [0.3, 0.4) is 0 Å². The minimum Gasteiger partial charge on any atom is -1.00 e. The first kappa shape index (κ1) is 223. The van der Waals surface area contributed by atoms with E-state index in [1.807, 2.05) is 0 Å². The summed E-state index contributed by atoms with van der Waals surface area (Å²) in [6, 6.07) is 0. The second kappa shape index (κ2) is 158. The van der Waals surface area contributed by atoms with E-state index in [1.165, 1.54) is 0 Å². The molecular weight excluding hydrogens is 133 g/mol. The smallest absolute Gasteiger partial charge is 1.00 e. The normalized spacial score (nSPS) is 0. The van der Waals surface area contributed by atoms with E-state index in [2.05, 4.69) is 0 Å². The van der Waals surface area contributed by atoms with Crippen molar-refractivity contribution in [3.63, 3.8) is 0 Å². The average Bonchev–Trinajstić information content (AvgIpc) is 0. The van der Waals surface area contributed by atoms with Gasteiger partial charge in [-0.15, -0.1) is 0 Å². The maximum Gasteiger partial charge on any atom is 2.00 e. The van der Waals surface area contributed by atoms with E-state index in [9.17, 15) is 0 Å². The fraction of sp³-hybridized carbons (Fsp3) is 0. The summed E-state index contributed by atoms with van der Waals surface area (Å²) in [5.74, 6) is 0. The summed E-state index contributed by atoms with van der Waals surface area (Å²) < 4.78 is 0. The molecule has 0 bridgehead atoms. The zero-order valence-electron chi connectivity index (χ0n) is 6.17. The maximum atomic E-state index is 0. The maximum absolute atomic E-state index is 0. The van der Waals surface area contributed by atoms with Gasteiger partial charge in [-0.25, -0.2) is 0 Å². The van der Waals surface area contributed by atoms with Gasteiger partial charge in [0.05, 0.1) is 0 Å². The molecule has 0 aromatic heterocycles. The Bertz CT molecular complexity index is 15.7. The van der Waals surface area contributed by atoms with Crippen molar-refractivity contribution in [2.45, 2.75) is 0 Å². The first-order valence-corrected chi connectivity index (χ1v) is 0. The van der Waals surface area contributed by atoms with Gasteiger partial charge in [-0.1, -0.05) is 0 Å². The summed E-state index contributed by atoms with van der Waals surface area (Å²) in [4.78, 5) is 0. The molecule has 0 amide bonds. The zero-order chi connectivity index (χ0) is 0. The van der Waals surface area contributed by atoms with Crippen molar-refractivity contribution >= 4 is 99.2 Å². The van der Waals surface area contributed by atoms with E-state index < -0.39 is 0 Å². The molecule has 0 nitrogen and oxygen atoms in total. The van der Waals surface area contributed by atoms with Crippen LogP contribution >= 0.6 is 0 Å². The van der Waals surface area contributed by atoms with Crippen LogP contribution in [0.25, 0.3) is 0 Å². The number of hydrogen-bond acceptors (Lipinski definition) is 0. The van der Waals surface area contributed by atoms with Gasteiger partial charge >= 0.3 is 37.7 Å². The topological polar surface area (TPSA) is 0 Å². The van der Waals surface area contributed by atoms with Crippen LogP contribution in [-0.2, 0) is 0 Å². The van der Waals surface area contributed by atoms with Gasteiger partial charge in [-0.2, -0.15) is 0 Å². The Balaban J connectivity index is 0. The standard InChI is InChI=1S/6B.Ca.H4Si.2H/h;;;;;;;1H4;;/q;;;;;;+2;;2*-1. The van der Waals surface area contributed by atoms with Crippen LogP contribution in [0.1, 0.15) is 2.85 Å². The number of hydrogen-bond donors (Lipinski definition) is 0. The van der Waals surface area contributed by atoms with Gasteiger partial charge < -0.3 is 2.85 Å². The third-order valence-electron chi connectivity index (χ3n) is 0. The molecule has 0 N–H and O–H groups in total. The van der Waals surface area contributed by atoms with Gasteiger partial charge in [-0.05, 0) is 11.0 Å². The summed E-state index contributed by atoms with van der Waals surface area (Å²) in [6.07, 6.45) is 0. The molecule has 0 saturated heterocycles. The molecule has 0 saturated carbocycles. The van der Waals surface area contributed by atoms with Crippen LogP contribution in [0.2, 0.25) is 0 Å². The molecule has 0 heterocycles. The quantitative estimate of drug-likeness (QED) is 0.301. The Morgan fingerprint density at radius 3 is 0.500 bits per heavy atom. The summed E-state index contributed by atoms with van der Waals surface area (Å²) >= 11 is 0. The molecule has 8 heavy (non-hydrogen) atoms. The molecule has 0 unspecified atom stereocenters. The van der Waals surface area contributed by atoms with E-state index in [-0.39, 0.29) is 102 Å². The summed E-state index contributed by atoms with van der Waals surface area (Å²) in [5.41, 5.74) is 0. The zero-order valence-corrected chi connectivity index (χ0v) is 6.38. The molecule has 0 aromatic rings. The first-order valence-electron chi connectivity index (χ1n) is 0. The van der Waals surface area contributed by atoms with Crippen LogP contribution in [0.4, 0.5) is 0 Å². The predicted octanol–water partition coefficient (Wildman–Crippen LogP) is -3.89. The van der Waals surface area contributed by atoms with Gasteiger partial charge in [0.25, 0.3) is 0 Å². The molecule has 0 aliphatic rings. The van der Waals surface area contributed by atoms with Crippen molar-refractivity contribution < 1.29 is 2.85 Å². The molecule has 30 valence electrons. The van der Waals surface area contributed by atoms with Gasteiger partial charge in [-0.3, -0.25) is 0 Å². The third-order valence-corrected chi connectivity index (χ3v) is 0. The molecule has 0 atom stereocenters. The predicted molar refractivity (Wildman–Crippen MR) is 53.8 cm³/mol. The van der Waals surface area contributed by atoms with Gasteiger partial charge in [0.2, 0.25) is 0 Å². The van der Waals surface area contributed by atoms with Crippen molar-refractivity contribution in [1.82, 2.24) is 0 Å². The van der Waals surface area contributed by atoms with E-state index in [1.54, 1.807) is 0 Å². The monoisotopic (exact) mass is 140 g/mol. The third kappa shape index (κ3) is 106. The van der Waals surface area contributed by atoms with Crippen LogP contribution in [0.5, 0.6) is 0 Å². The molecular formula is H6B6CaSi. The summed E-state index contributed by atoms with van der Waals surface area (Å²) in [5, 5.41) is 0. The molecule has 18 radical (unpaired) electrons. The largest absolute Gasteiger partial charge is 2.00 e. The van der Waals surface area contributed by atoms with Crippen molar-refractivity contribution in [3.05, 3.63) is 0 Å². The molecule has 0 aromatic carbocycles. The second-order valence-corrected chi connectivity index (χ2v) is 0. The van der Waals surface area contributed by atoms with E-state index >= 15 is 0 Å². The van der Waals surface area contributed by atoms with Crippen LogP contribution < -0.4 is 0 Å². The van der Waals surface area contributed by atoms with Gasteiger partial charge in [0, 0.05) is 50.5 Å². The SMILES string of the molecule is [B].[B].[B].[B].[B].[B].[Ca+2].[H-].[H-].[SiH4]. The Morgan fingerprint density at radius 1 is 0.500 bits per heavy atom. The van der Waals surface area contributed by atoms with Crippen LogP contribution in [0, 0.1) is 0 Å². The van der Waals surface area contributed by atoms with Gasteiger partial charge in [0.1, 0.15) is 0 Å². The Morgan fingerprint density at radius 2 is 0.500 bits per heavy atom. The molecule has 0 aliphatic heterocycles. The van der Waals surface area contributed by atoms with E-state index in [4.69, 9.17) is 0 Å².